The Morgan fingerprint density at radius 1 is 1.23 bits per heavy atom. The Labute approximate surface area is 158 Å². The van der Waals surface area contributed by atoms with Gasteiger partial charge in [0.2, 0.25) is 0 Å². The number of hydrazone groups is 1. The lowest BCUT2D eigenvalue weighted by molar-refractivity contribution is -0.144. The van der Waals surface area contributed by atoms with E-state index in [1.54, 1.807) is 36.4 Å². The van der Waals surface area contributed by atoms with E-state index in [9.17, 15) is 9.59 Å². The number of nitrogens with zero attached hydrogens (tertiary/aromatic N) is 1. The van der Waals surface area contributed by atoms with E-state index in [4.69, 9.17) is 14.6 Å². The summed E-state index contributed by atoms with van der Waals surface area (Å²) in [7, 11) is 1.45. The summed E-state index contributed by atoms with van der Waals surface area (Å²) in [5.74, 6) is -0.764. The van der Waals surface area contributed by atoms with Gasteiger partial charge in [-0.3, -0.25) is 4.79 Å². The van der Waals surface area contributed by atoms with Crippen LogP contribution in [0.2, 0.25) is 0 Å². The second kappa shape index (κ2) is 9.00. The first kappa shape index (κ1) is 19.5. The zero-order chi connectivity index (χ0) is 19.1. The van der Waals surface area contributed by atoms with Crippen LogP contribution in [0.3, 0.4) is 0 Å². The maximum Gasteiger partial charge on any atom is 0.344 e. The summed E-state index contributed by atoms with van der Waals surface area (Å²) in [5.41, 5.74) is 3.55. The topological polar surface area (TPSA) is 97.2 Å². The van der Waals surface area contributed by atoms with Gasteiger partial charge < -0.3 is 14.6 Å². The Morgan fingerprint density at radius 2 is 1.96 bits per heavy atom. The van der Waals surface area contributed by atoms with E-state index in [2.05, 4.69) is 26.5 Å². The van der Waals surface area contributed by atoms with E-state index in [0.717, 1.165) is 0 Å². The predicted molar refractivity (Wildman–Crippen MR) is 99.9 cm³/mol. The molecule has 2 rings (SSSR count). The Balaban J connectivity index is 2.07. The van der Waals surface area contributed by atoms with Gasteiger partial charge in [0.25, 0.3) is 5.91 Å². The fourth-order valence-corrected chi connectivity index (χ4v) is 2.44. The van der Waals surface area contributed by atoms with Gasteiger partial charge in [-0.05, 0) is 58.7 Å². The van der Waals surface area contributed by atoms with Crippen LogP contribution in [0.25, 0.3) is 0 Å². The van der Waals surface area contributed by atoms with Crippen molar-refractivity contribution < 1.29 is 24.2 Å². The zero-order valence-corrected chi connectivity index (χ0v) is 15.7. The zero-order valence-electron chi connectivity index (χ0n) is 14.1. The Hall–Kier alpha value is -2.87. The normalized spacial score (nSPS) is 11.8. The molecule has 0 radical (unpaired) electrons. The van der Waals surface area contributed by atoms with Crippen molar-refractivity contribution in [3.05, 3.63) is 58.1 Å². The molecule has 8 heteroatoms. The monoisotopic (exact) mass is 420 g/mol. The first-order valence-electron chi connectivity index (χ1n) is 7.57. The summed E-state index contributed by atoms with van der Waals surface area (Å²) in [6, 6.07) is 11.9. The molecule has 0 aliphatic rings. The highest BCUT2D eigenvalue weighted by molar-refractivity contribution is 9.10. The summed E-state index contributed by atoms with van der Waals surface area (Å²) in [5, 5.41) is 12.8. The minimum Gasteiger partial charge on any atom is -0.493 e. The minimum atomic E-state index is -1.08. The molecular formula is C18H17BrN2O5. The fourth-order valence-electron chi connectivity index (χ4n) is 1.97. The highest BCUT2D eigenvalue weighted by Crippen LogP contribution is 2.28. The number of amides is 1. The number of rotatable bonds is 7. The molecule has 0 spiro atoms. The lowest BCUT2D eigenvalue weighted by Gasteiger charge is -2.14. The maximum atomic E-state index is 12.1. The number of hydrogen-bond acceptors (Lipinski definition) is 5. The highest BCUT2D eigenvalue weighted by Gasteiger charge is 2.15. The first-order chi connectivity index (χ1) is 12.4. The molecule has 1 amide bonds. The van der Waals surface area contributed by atoms with Crippen LogP contribution < -0.4 is 14.9 Å². The molecule has 0 aliphatic carbocycles. The third-order valence-electron chi connectivity index (χ3n) is 3.34. The van der Waals surface area contributed by atoms with Crippen LogP contribution in [0.4, 0.5) is 0 Å². The first-order valence-corrected chi connectivity index (χ1v) is 8.37. The molecule has 0 saturated heterocycles. The van der Waals surface area contributed by atoms with Crippen molar-refractivity contribution in [2.45, 2.75) is 13.0 Å². The molecule has 26 heavy (non-hydrogen) atoms. The van der Waals surface area contributed by atoms with Gasteiger partial charge in [0.05, 0.1) is 18.9 Å². The Bertz CT molecular complexity index is 838. The van der Waals surface area contributed by atoms with Gasteiger partial charge in [-0.15, -0.1) is 0 Å². The number of carboxylic acids is 1. The van der Waals surface area contributed by atoms with Gasteiger partial charge in [0.1, 0.15) is 0 Å². The fraction of sp³-hybridized carbons (Fsp3) is 0.167. The number of benzene rings is 2. The largest absolute Gasteiger partial charge is 0.493 e. The summed E-state index contributed by atoms with van der Waals surface area (Å²) in [6.45, 7) is 1.42. The van der Waals surface area contributed by atoms with Gasteiger partial charge in [0, 0.05) is 4.47 Å². The lowest BCUT2D eigenvalue weighted by Crippen LogP contribution is -2.23. The number of carbonyl (C=O) groups is 2. The van der Waals surface area contributed by atoms with E-state index < -0.39 is 12.1 Å². The van der Waals surface area contributed by atoms with Crippen molar-refractivity contribution in [1.29, 1.82) is 0 Å². The summed E-state index contributed by atoms with van der Waals surface area (Å²) < 4.78 is 11.2. The van der Waals surface area contributed by atoms with Crippen molar-refractivity contribution in [2.75, 3.05) is 7.11 Å². The van der Waals surface area contributed by atoms with Gasteiger partial charge >= 0.3 is 5.97 Å². The maximum absolute atomic E-state index is 12.1. The Kier molecular flexibility index (Phi) is 6.74. The van der Waals surface area contributed by atoms with Crippen molar-refractivity contribution >= 4 is 34.0 Å². The smallest absolute Gasteiger partial charge is 0.344 e. The van der Waals surface area contributed by atoms with E-state index >= 15 is 0 Å². The third kappa shape index (κ3) is 5.06. The van der Waals surface area contributed by atoms with Crippen LogP contribution in [0.5, 0.6) is 11.5 Å². The van der Waals surface area contributed by atoms with E-state index in [-0.39, 0.29) is 5.91 Å². The molecule has 0 aromatic heterocycles. The number of aliphatic carboxylic acids is 1. The second-order valence-electron chi connectivity index (χ2n) is 5.19. The summed E-state index contributed by atoms with van der Waals surface area (Å²) >= 11 is 3.31. The number of nitrogens with one attached hydrogen (secondary N) is 1. The van der Waals surface area contributed by atoms with Gasteiger partial charge in [-0.2, -0.15) is 5.10 Å². The quantitative estimate of drug-likeness (QED) is 0.529. The summed E-state index contributed by atoms with van der Waals surface area (Å²) in [6.07, 6.45) is 0.439. The molecule has 0 saturated carbocycles. The van der Waals surface area contributed by atoms with E-state index in [1.165, 1.54) is 20.2 Å². The molecule has 1 atom stereocenters. The molecule has 2 aromatic carbocycles. The molecule has 0 bridgehead atoms. The van der Waals surface area contributed by atoms with Crippen LogP contribution in [-0.4, -0.2) is 36.4 Å². The number of hydrogen-bond donors (Lipinski definition) is 2. The van der Waals surface area contributed by atoms with Gasteiger partial charge in [-0.25, -0.2) is 10.2 Å². The molecule has 0 fully saturated rings. The number of carbonyl (C=O) groups excluding carboxylic acids is 1. The van der Waals surface area contributed by atoms with E-state index in [1.807, 2.05) is 6.07 Å². The SMILES string of the molecule is COc1cc(/C=N\NC(=O)c2ccccc2Br)ccc1O[C@@H](C)C(=O)O. The van der Waals surface area contributed by atoms with Gasteiger partial charge in [0.15, 0.2) is 17.6 Å². The van der Waals surface area contributed by atoms with Gasteiger partial charge in [-0.1, -0.05) is 12.1 Å². The van der Waals surface area contributed by atoms with Crippen LogP contribution in [0, 0.1) is 0 Å². The predicted octanol–water partition coefficient (Wildman–Crippen LogP) is 3.07. The average molecular weight is 421 g/mol. The van der Waals surface area contributed by atoms with Crippen LogP contribution in [-0.2, 0) is 4.79 Å². The molecule has 0 heterocycles. The molecule has 7 nitrogen and oxygen atoms in total. The number of carboxylic acid groups (broad SMARTS) is 1. The lowest BCUT2D eigenvalue weighted by atomic mass is 10.2. The molecule has 2 aromatic rings. The van der Waals surface area contributed by atoms with Crippen LogP contribution in [0.15, 0.2) is 52.0 Å². The van der Waals surface area contributed by atoms with Crippen molar-refractivity contribution in [1.82, 2.24) is 5.43 Å². The van der Waals surface area contributed by atoms with Crippen LogP contribution in [0.1, 0.15) is 22.8 Å². The Morgan fingerprint density at radius 3 is 2.62 bits per heavy atom. The van der Waals surface area contributed by atoms with E-state index in [0.29, 0.717) is 27.1 Å². The molecule has 0 aliphatic heterocycles. The average Bonchev–Trinajstić information content (AvgIpc) is 2.62. The number of halogens is 1. The van der Waals surface area contributed by atoms with Crippen LogP contribution >= 0.6 is 15.9 Å². The van der Waals surface area contributed by atoms with Crippen molar-refractivity contribution in [3.63, 3.8) is 0 Å². The second-order valence-corrected chi connectivity index (χ2v) is 6.04. The molecule has 136 valence electrons. The molecular weight excluding hydrogens is 404 g/mol. The number of ether oxygens (including phenoxy) is 2. The molecule has 2 N–H and O–H groups in total. The minimum absolute atomic E-state index is 0.303. The van der Waals surface area contributed by atoms with Crippen molar-refractivity contribution in [3.8, 4) is 11.5 Å². The summed E-state index contributed by atoms with van der Waals surface area (Å²) in [4.78, 5) is 22.9. The van der Waals surface area contributed by atoms with Crippen molar-refractivity contribution in [2.24, 2.45) is 5.10 Å². The number of methoxy groups -OCH3 is 1. The standard InChI is InChI=1S/C18H17BrN2O5/c1-11(18(23)24)26-15-8-7-12(9-16(15)25-2)10-20-21-17(22)13-5-3-4-6-14(13)19/h3-11H,1-2H3,(H,21,22)(H,23,24)/b20-10-/t11-/m0/s1. The highest BCUT2D eigenvalue weighted by atomic mass is 79.9. The molecule has 0 unspecified atom stereocenters. The third-order valence-corrected chi connectivity index (χ3v) is 4.03.